The fraction of sp³-hybridized carbons (Fsp3) is 0.389. The van der Waals surface area contributed by atoms with E-state index in [-0.39, 0.29) is 30.1 Å². The second-order valence-corrected chi connectivity index (χ2v) is 5.62. The number of hydrogen-bond donors (Lipinski definition) is 2. The van der Waals surface area contributed by atoms with Crippen LogP contribution in [0.4, 0.5) is 0 Å². The van der Waals surface area contributed by atoms with Crippen molar-refractivity contribution in [2.45, 2.75) is 26.0 Å². The van der Waals surface area contributed by atoms with E-state index in [4.69, 9.17) is 4.74 Å². The summed E-state index contributed by atoms with van der Waals surface area (Å²) in [5.41, 5.74) is 1.28. The predicted octanol–water partition coefficient (Wildman–Crippen LogP) is 2.66. The number of rotatable bonds is 6. The first-order valence-corrected chi connectivity index (χ1v) is 8.22. The van der Waals surface area contributed by atoms with Gasteiger partial charge in [-0.05, 0) is 30.7 Å². The SMILES string of the molecule is CCNC(=NCC1Cc2ccccc2O1)NCCn1cccc1.I. The fourth-order valence-electron chi connectivity index (χ4n) is 2.71. The van der Waals surface area contributed by atoms with Crippen LogP contribution < -0.4 is 15.4 Å². The van der Waals surface area contributed by atoms with Gasteiger partial charge in [0, 0.05) is 38.4 Å². The van der Waals surface area contributed by atoms with Gasteiger partial charge in [0.05, 0.1) is 6.54 Å². The van der Waals surface area contributed by atoms with Crippen molar-refractivity contribution in [2.75, 3.05) is 19.6 Å². The first-order valence-electron chi connectivity index (χ1n) is 8.22. The lowest BCUT2D eigenvalue weighted by Crippen LogP contribution is -2.39. The van der Waals surface area contributed by atoms with E-state index in [0.717, 1.165) is 37.8 Å². The second kappa shape index (κ2) is 9.56. The summed E-state index contributed by atoms with van der Waals surface area (Å²) >= 11 is 0. The van der Waals surface area contributed by atoms with Gasteiger partial charge in [0.2, 0.25) is 0 Å². The second-order valence-electron chi connectivity index (χ2n) is 5.62. The Labute approximate surface area is 160 Å². The summed E-state index contributed by atoms with van der Waals surface area (Å²) in [5, 5.41) is 6.65. The maximum absolute atomic E-state index is 5.93. The van der Waals surface area contributed by atoms with Gasteiger partial charge in [-0.2, -0.15) is 0 Å². The number of fused-ring (bicyclic) bond motifs is 1. The van der Waals surface area contributed by atoms with Gasteiger partial charge in [-0.25, -0.2) is 4.99 Å². The number of benzene rings is 1. The number of guanidine groups is 1. The van der Waals surface area contributed by atoms with Crippen LogP contribution in [0.3, 0.4) is 0 Å². The Morgan fingerprint density at radius 1 is 1.21 bits per heavy atom. The fourth-order valence-corrected chi connectivity index (χ4v) is 2.71. The highest BCUT2D eigenvalue weighted by atomic mass is 127. The lowest BCUT2D eigenvalue weighted by Gasteiger charge is -2.13. The Bertz CT molecular complexity index is 617. The summed E-state index contributed by atoms with van der Waals surface area (Å²) in [6, 6.07) is 12.3. The van der Waals surface area contributed by atoms with Gasteiger partial charge in [0.15, 0.2) is 5.96 Å². The monoisotopic (exact) mass is 440 g/mol. The Balaban J connectivity index is 0.00000208. The van der Waals surface area contributed by atoms with Crippen LogP contribution in [0.15, 0.2) is 53.8 Å². The Morgan fingerprint density at radius 3 is 2.75 bits per heavy atom. The molecule has 0 fully saturated rings. The van der Waals surface area contributed by atoms with Crippen molar-refractivity contribution in [2.24, 2.45) is 4.99 Å². The molecule has 1 unspecified atom stereocenters. The van der Waals surface area contributed by atoms with E-state index >= 15 is 0 Å². The highest BCUT2D eigenvalue weighted by Gasteiger charge is 2.21. The van der Waals surface area contributed by atoms with Gasteiger partial charge in [0.1, 0.15) is 11.9 Å². The summed E-state index contributed by atoms with van der Waals surface area (Å²) in [6.07, 6.45) is 5.19. The van der Waals surface area contributed by atoms with Crippen LogP contribution in [0.5, 0.6) is 5.75 Å². The molecule has 3 rings (SSSR count). The minimum atomic E-state index is 0. The van der Waals surface area contributed by atoms with Crippen LogP contribution in [-0.4, -0.2) is 36.3 Å². The molecule has 1 aliphatic heterocycles. The molecule has 2 N–H and O–H groups in total. The van der Waals surface area contributed by atoms with Crippen LogP contribution in [0, 0.1) is 0 Å². The molecule has 0 spiro atoms. The molecule has 0 saturated heterocycles. The lowest BCUT2D eigenvalue weighted by molar-refractivity contribution is 0.241. The summed E-state index contributed by atoms with van der Waals surface area (Å²) in [5.74, 6) is 1.84. The molecular weight excluding hydrogens is 415 g/mol. The van der Waals surface area contributed by atoms with Gasteiger partial charge in [-0.3, -0.25) is 0 Å². The van der Waals surface area contributed by atoms with Crippen LogP contribution in [0.1, 0.15) is 12.5 Å². The average Bonchev–Trinajstić information content (AvgIpc) is 3.21. The summed E-state index contributed by atoms with van der Waals surface area (Å²) < 4.78 is 8.08. The van der Waals surface area contributed by atoms with Crippen LogP contribution in [-0.2, 0) is 13.0 Å². The number of ether oxygens (including phenoxy) is 1. The van der Waals surface area contributed by atoms with E-state index in [1.54, 1.807) is 0 Å². The van der Waals surface area contributed by atoms with E-state index in [2.05, 4.69) is 51.6 Å². The van der Waals surface area contributed by atoms with Crippen LogP contribution in [0.25, 0.3) is 0 Å². The first-order chi connectivity index (χ1) is 11.3. The third kappa shape index (κ3) is 5.15. The molecule has 6 heteroatoms. The average molecular weight is 440 g/mol. The zero-order chi connectivity index (χ0) is 15.9. The molecule has 2 aromatic rings. The number of hydrogen-bond acceptors (Lipinski definition) is 2. The van der Waals surface area contributed by atoms with E-state index in [1.807, 2.05) is 24.3 Å². The van der Waals surface area contributed by atoms with Crippen LogP contribution in [0.2, 0.25) is 0 Å². The van der Waals surface area contributed by atoms with E-state index in [0.29, 0.717) is 6.54 Å². The molecule has 2 heterocycles. The highest BCUT2D eigenvalue weighted by Crippen LogP contribution is 2.28. The van der Waals surface area contributed by atoms with Crippen LogP contribution >= 0.6 is 24.0 Å². The van der Waals surface area contributed by atoms with Gasteiger partial charge in [-0.1, -0.05) is 18.2 Å². The summed E-state index contributed by atoms with van der Waals surface area (Å²) in [7, 11) is 0. The smallest absolute Gasteiger partial charge is 0.191 e. The molecule has 0 radical (unpaired) electrons. The van der Waals surface area contributed by atoms with Gasteiger partial charge in [0.25, 0.3) is 0 Å². The largest absolute Gasteiger partial charge is 0.488 e. The molecule has 0 saturated carbocycles. The molecule has 1 aliphatic rings. The molecular formula is C18H25IN4O. The quantitative estimate of drug-likeness (QED) is 0.413. The molecule has 1 aromatic heterocycles. The predicted molar refractivity (Wildman–Crippen MR) is 108 cm³/mol. The minimum absolute atomic E-state index is 0. The zero-order valence-corrected chi connectivity index (χ0v) is 16.3. The molecule has 0 bridgehead atoms. The summed E-state index contributed by atoms with van der Waals surface area (Å²) in [4.78, 5) is 4.66. The van der Waals surface area contributed by atoms with Crippen molar-refractivity contribution in [1.82, 2.24) is 15.2 Å². The van der Waals surface area contributed by atoms with Gasteiger partial charge in [-0.15, -0.1) is 24.0 Å². The van der Waals surface area contributed by atoms with Crippen molar-refractivity contribution in [3.8, 4) is 5.75 Å². The Kier molecular flexibility index (Phi) is 7.42. The maximum atomic E-state index is 5.93. The summed E-state index contributed by atoms with van der Waals surface area (Å²) in [6.45, 7) is 5.34. The number of aliphatic imine (C=N–C) groups is 1. The van der Waals surface area contributed by atoms with Crippen molar-refractivity contribution in [1.29, 1.82) is 0 Å². The van der Waals surface area contributed by atoms with Gasteiger partial charge < -0.3 is 19.9 Å². The number of halogens is 1. The molecule has 1 atom stereocenters. The normalized spacial score (nSPS) is 16.0. The number of para-hydroxylation sites is 1. The number of nitrogens with one attached hydrogen (secondary N) is 2. The molecule has 0 aliphatic carbocycles. The number of aromatic nitrogens is 1. The van der Waals surface area contributed by atoms with E-state index in [9.17, 15) is 0 Å². The third-order valence-electron chi connectivity index (χ3n) is 3.84. The standard InChI is InChI=1S/C18H24N4O.HI/c1-2-19-18(20-9-12-22-10-5-6-11-22)21-14-16-13-15-7-3-4-8-17(15)23-16;/h3-8,10-11,16H,2,9,12-14H2,1H3,(H2,19,20,21);1H. The number of nitrogens with zero attached hydrogens (tertiary/aromatic N) is 2. The third-order valence-corrected chi connectivity index (χ3v) is 3.84. The molecule has 0 amide bonds. The topological polar surface area (TPSA) is 50.6 Å². The van der Waals surface area contributed by atoms with Crippen molar-refractivity contribution < 1.29 is 4.74 Å². The van der Waals surface area contributed by atoms with E-state index < -0.39 is 0 Å². The van der Waals surface area contributed by atoms with Crippen molar-refractivity contribution >= 4 is 29.9 Å². The first kappa shape index (κ1) is 18.6. The van der Waals surface area contributed by atoms with Crippen molar-refractivity contribution in [3.05, 3.63) is 54.4 Å². The molecule has 5 nitrogen and oxygen atoms in total. The maximum Gasteiger partial charge on any atom is 0.191 e. The minimum Gasteiger partial charge on any atom is -0.488 e. The lowest BCUT2D eigenvalue weighted by atomic mass is 10.1. The molecule has 130 valence electrons. The van der Waals surface area contributed by atoms with Gasteiger partial charge >= 0.3 is 0 Å². The Morgan fingerprint density at radius 2 is 2.00 bits per heavy atom. The zero-order valence-electron chi connectivity index (χ0n) is 13.9. The molecule has 24 heavy (non-hydrogen) atoms. The van der Waals surface area contributed by atoms with E-state index in [1.165, 1.54) is 5.56 Å². The Hall–Kier alpha value is -1.70. The highest BCUT2D eigenvalue weighted by molar-refractivity contribution is 14.0. The van der Waals surface area contributed by atoms with Crippen molar-refractivity contribution in [3.63, 3.8) is 0 Å². The molecule has 1 aromatic carbocycles.